The van der Waals surface area contributed by atoms with Gasteiger partial charge in [0.25, 0.3) is 5.88 Å². The van der Waals surface area contributed by atoms with Gasteiger partial charge in [0.2, 0.25) is 0 Å². The maximum atomic E-state index is 9.03. The number of hydrogen-bond donors (Lipinski definition) is 2. The fourth-order valence-electron chi connectivity index (χ4n) is 2.86. The van der Waals surface area contributed by atoms with E-state index in [1.54, 1.807) is 4.52 Å². The molecule has 7 nitrogen and oxygen atoms in total. The molecule has 0 aliphatic heterocycles. The van der Waals surface area contributed by atoms with Gasteiger partial charge in [0, 0.05) is 25.0 Å². The predicted octanol–water partition coefficient (Wildman–Crippen LogP) is 2.21. The van der Waals surface area contributed by atoms with Crippen LogP contribution in [0.1, 0.15) is 11.3 Å². The second-order valence-corrected chi connectivity index (χ2v) is 5.69. The van der Waals surface area contributed by atoms with E-state index in [9.17, 15) is 0 Å². The summed E-state index contributed by atoms with van der Waals surface area (Å²) >= 11 is 0. The largest absolute Gasteiger partial charge is 0.473 e. The van der Waals surface area contributed by atoms with Gasteiger partial charge in [-0.25, -0.2) is 9.51 Å². The molecule has 1 aliphatic carbocycles. The van der Waals surface area contributed by atoms with E-state index in [2.05, 4.69) is 10.1 Å². The molecule has 7 heteroatoms. The number of rotatable bonds is 4. The van der Waals surface area contributed by atoms with Gasteiger partial charge in [-0.1, -0.05) is 6.07 Å². The van der Waals surface area contributed by atoms with Crippen LogP contribution in [-0.2, 0) is 7.05 Å². The summed E-state index contributed by atoms with van der Waals surface area (Å²) in [6, 6.07) is 7.57. The molecule has 2 N–H and O–H groups in total. The molecule has 0 saturated heterocycles. The Morgan fingerprint density at radius 2 is 2.12 bits per heavy atom. The number of aromatic nitrogens is 3. The fourth-order valence-corrected chi connectivity index (χ4v) is 2.86. The lowest BCUT2D eigenvalue weighted by Gasteiger charge is -2.11. The SMILES string of the molecule is Cn1ccc2c1C=C/C(=N\c1c(OCCO)nn3ccccc13)C2=N. The van der Waals surface area contributed by atoms with E-state index < -0.39 is 0 Å². The lowest BCUT2D eigenvalue weighted by Crippen LogP contribution is -2.16. The maximum Gasteiger partial charge on any atom is 0.260 e. The zero-order valence-corrected chi connectivity index (χ0v) is 13.7. The Balaban J connectivity index is 1.82. The molecule has 3 aromatic heterocycles. The molecule has 4 rings (SSSR count). The molecule has 25 heavy (non-hydrogen) atoms. The van der Waals surface area contributed by atoms with Crippen molar-refractivity contribution in [3.63, 3.8) is 0 Å². The molecule has 0 unspecified atom stereocenters. The molecule has 0 spiro atoms. The van der Waals surface area contributed by atoms with Crippen molar-refractivity contribution in [2.45, 2.75) is 0 Å². The lowest BCUT2D eigenvalue weighted by atomic mass is 10.00. The number of ether oxygens (including phenoxy) is 1. The molecule has 0 radical (unpaired) electrons. The van der Waals surface area contributed by atoms with Crippen molar-refractivity contribution < 1.29 is 9.84 Å². The summed E-state index contributed by atoms with van der Waals surface area (Å²) in [5, 5.41) is 21.8. The molecular formula is C18H17N5O2. The van der Waals surface area contributed by atoms with E-state index >= 15 is 0 Å². The van der Waals surface area contributed by atoms with E-state index in [0.717, 1.165) is 16.8 Å². The summed E-state index contributed by atoms with van der Waals surface area (Å²) in [5.74, 6) is 0.341. The summed E-state index contributed by atoms with van der Waals surface area (Å²) in [6.07, 6.45) is 7.51. The first kappa shape index (κ1) is 15.3. The van der Waals surface area contributed by atoms with Crippen LogP contribution in [0.3, 0.4) is 0 Å². The number of hydrogen-bond acceptors (Lipinski definition) is 5. The van der Waals surface area contributed by atoms with Gasteiger partial charge in [-0.3, -0.25) is 5.41 Å². The Hall–Kier alpha value is -3.19. The third-order valence-electron chi connectivity index (χ3n) is 4.09. The standard InChI is InChI=1S/C18H17N5O2/c1-22-9-7-12-14(22)6-5-13(16(12)19)20-17-15-4-2-3-8-23(15)21-18(17)25-11-10-24/h2-9,19,24H,10-11H2,1H3/b19-16?,20-13+. The normalized spacial score (nSPS) is 15.1. The predicted molar refractivity (Wildman–Crippen MR) is 96.1 cm³/mol. The number of aliphatic imine (C=N–C) groups is 1. The molecule has 0 fully saturated rings. The van der Waals surface area contributed by atoms with Crippen LogP contribution in [0.25, 0.3) is 11.6 Å². The molecule has 3 aromatic rings. The van der Waals surface area contributed by atoms with Gasteiger partial charge in [0.15, 0.2) is 5.69 Å². The number of aliphatic hydroxyl groups is 1. The third kappa shape index (κ3) is 2.54. The second kappa shape index (κ2) is 6.03. The van der Waals surface area contributed by atoms with Crippen LogP contribution in [0.15, 0.2) is 47.7 Å². The smallest absolute Gasteiger partial charge is 0.260 e. The minimum atomic E-state index is -0.104. The Kier molecular flexibility index (Phi) is 3.70. The van der Waals surface area contributed by atoms with Gasteiger partial charge in [0.05, 0.1) is 29.2 Å². The van der Waals surface area contributed by atoms with Crippen LogP contribution in [0.5, 0.6) is 5.88 Å². The molecule has 1 aliphatic rings. The maximum absolute atomic E-state index is 9.03. The van der Waals surface area contributed by atoms with Crippen molar-refractivity contribution in [1.82, 2.24) is 14.2 Å². The fraction of sp³-hybridized carbons (Fsp3) is 0.167. The number of fused-ring (bicyclic) bond motifs is 2. The first-order valence-corrected chi connectivity index (χ1v) is 7.91. The lowest BCUT2D eigenvalue weighted by molar-refractivity contribution is 0.197. The minimum Gasteiger partial charge on any atom is -0.473 e. The number of aryl methyl sites for hydroxylation is 1. The Labute approximate surface area is 144 Å². The summed E-state index contributed by atoms with van der Waals surface area (Å²) in [6.45, 7) is 0.0326. The van der Waals surface area contributed by atoms with E-state index in [4.69, 9.17) is 15.3 Å². The van der Waals surface area contributed by atoms with Crippen LogP contribution in [-0.4, -0.2) is 43.9 Å². The van der Waals surface area contributed by atoms with Gasteiger partial charge >= 0.3 is 0 Å². The first-order valence-electron chi connectivity index (χ1n) is 7.91. The summed E-state index contributed by atoms with van der Waals surface area (Å²) < 4.78 is 9.19. The molecule has 3 heterocycles. The van der Waals surface area contributed by atoms with Crippen LogP contribution in [0.4, 0.5) is 5.69 Å². The third-order valence-corrected chi connectivity index (χ3v) is 4.09. The van der Waals surface area contributed by atoms with Gasteiger partial charge in [-0.2, -0.15) is 0 Å². The van der Waals surface area contributed by atoms with E-state index in [1.807, 2.05) is 60.4 Å². The quantitative estimate of drug-likeness (QED) is 0.766. The highest BCUT2D eigenvalue weighted by Crippen LogP contribution is 2.33. The van der Waals surface area contributed by atoms with Crippen molar-refractivity contribution in [1.29, 1.82) is 5.41 Å². The zero-order chi connectivity index (χ0) is 17.4. The van der Waals surface area contributed by atoms with E-state index in [-0.39, 0.29) is 13.2 Å². The van der Waals surface area contributed by atoms with Crippen LogP contribution >= 0.6 is 0 Å². The molecule has 0 bridgehead atoms. The van der Waals surface area contributed by atoms with Crippen molar-refractivity contribution in [2.75, 3.05) is 13.2 Å². The van der Waals surface area contributed by atoms with Gasteiger partial charge < -0.3 is 14.4 Å². The minimum absolute atomic E-state index is 0.104. The number of nitrogens with zero attached hydrogens (tertiary/aromatic N) is 4. The number of allylic oxidation sites excluding steroid dienone is 1. The van der Waals surface area contributed by atoms with E-state index in [0.29, 0.717) is 23.0 Å². The molecule has 0 aromatic carbocycles. The highest BCUT2D eigenvalue weighted by molar-refractivity contribution is 6.53. The highest BCUT2D eigenvalue weighted by atomic mass is 16.5. The molecule has 0 saturated carbocycles. The van der Waals surface area contributed by atoms with Gasteiger partial charge in [0.1, 0.15) is 6.61 Å². The van der Waals surface area contributed by atoms with Crippen LogP contribution < -0.4 is 4.74 Å². The summed E-state index contributed by atoms with van der Waals surface area (Å²) in [5.41, 5.74) is 4.08. The van der Waals surface area contributed by atoms with Crippen molar-refractivity contribution in [2.24, 2.45) is 12.0 Å². The molecule has 0 atom stereocenters. The van der Waals surface area contributed by atoms with Crippen LogP contribution in [0, 0.1) is 5.41 Å². The monoisotopic (exact) mass is 335 g/mol. The zero-order valence-electron chi connectivity index (χ0n) is 13.7. The average Bonchev–Trinajstić information content (AvgIpc) is 3.17. The second-order valence-electron chi connectivity index (χ2n) is 5.69. The Bertz CT molecular complexity index is 1030. The summed E-state index contributed by atoms with van der Waals surface area (Å²) in [7, 11) is 1.95. The average molecular weight is 335 g/mol. The first-order chi connectivity index (χ1) is 12.2. The molecule has 0 amide bonds. The summed E-state index contributed by atoms with van der Waals surface area (Å²) in [4.78, 5) is 4.65. The highest BCUT2D eigenvalue weighted by Gasteiger charge is 2.20. The van der Waals surface area contributed by atoms with Crippen molar-refractivity contribution >= 4 is 28.7 Å². The molecular weight excluding hydrogens is 318 g/mol. The van der Waals surface area contributed by atoms with Crippen molar-refractivity contribution in [3.8, 4) is 5.88 Å². The van der Waals surface area contributed by atoms with Gasteiger partial charge in [-0.05, 0) is 30.4 Å². The Morgan fingerprint density at radius 3 is 2.96 bits per heavy atom. The van der Waals surface area contributed by atoms with E-state index in [1.165, 1.54) is 0 Å². The van der Waals surface area contributed by atoms with Crippen molar-refractivity contribution in [3.05, 3.63) is 54.0 Å². The van der Waals surface area contributed by atoms with Gasteiger partial charge in [-0.15, -0.1) is 5.10 Å². The number of pyridine rings is 1. The van der Waals surface area contributed by atoms with Crippen LogP contribution in [0.2, 0.25) is 0 Å². The topological polar surface area (TPSA) is 87.9 Å². The Morgan fingerprint density at radius 1 is 1.24 bits per heavy atom. The molecule has 126 valence electrons. The number of aliphatic hydroxyl groups excluding tert-OH is 1. The number of nitrogens with one attached hydrogen (secondary N) is 1.